The summed E-state index contributed by atoms with van der Waals surface area (Å²) in [7, 11) is 3.46. The van der Waals surface area contributed by atoms with E-state index in [4.69, 9.17) is 14.3 Å². The zero-order valence-corrected chi connectivity index (χ0v) is 16.2. The number of carboxylic acid groups (broad SMARTS) is 1. The van der Waals surface area contributed by atoms with Crippen molar-refractivity contribution in [3.8, 4) is 0 Å². The molecule has 11 heteroatoms. The van der Waals surface area contributed by atoms with Crippen molar-refractivity contribution in [1.29, 1.82) is 0 Å². The fourth-order valence-electron chi connectivity index (χ4n) is 3.53. The third-order valence-corrected chi connectivity index (χ3v) is 4.99. The van der Waals surface area contributed by atoms with Gasteiger partial charge < -0.3 is 19.3 Å². The Bertz CT molecular complexity index is 721. The molecule has 3 heterocycles. The normalized spacial score (nSPS) is 22.0. The molecule has 2 saturated heterocycles. The first-order chi connectivity index (χ1) is 13.5. The Morgan fingerprint density at radius 3 is 2.45 bits per heavy atom. The van der Waals surface area contributed by atoms with Gasteiger partial charge in [0.15, 0.2) is 0 Å². The maximum absolute atomic E-state index is 12.2. The van der Waals surface area contributed by atoms with Crippen LogP contribution in [-0.4, -0.2) is 83.0 Å². The van der Waals surface area contributed by atoms with Crippen molar-refractivity contribution in [2.45, 2.75) is 44.1 Å². The molecule has 3 rings (SSSR count). The van der Waals surface area contributed by atoms with E-state index in [9.17, 15) is 22.8 Å². The second kappa shape index (κ2) is 9.29. The van der Waals surface area contributed by atoms with Gasteiger partial charge in [0.1, 0.15) is 12.3 Å². The average Bonchev–Trinajstić information content (AvgIpc) is 3.27. The van der Waals surface area contributed by atoms with Crippen LogP contribution in [0.25, 0.3) is 0 Å². The maximum atomic E-state index is 12.2. The third-order valence-electron chi connectivity index (χ3n) is 4.99. The molecule has 0 aliphatic carbocycles. The number of likely N-dealkylation sites (tertiary alicyclic amines) is 2. The van der Waals surface area contributed by atoms with E-state index < -0.39 is 12.1 Å². The van der Waals surface area contributed by atoms with Crippen LogP contribution in [0, 0.1) is 0 Å². The van der Waals surface area contributed by atoms with Crippen LogP contribution in [-0.2, 0) is 20.9 Å². The Hall–Kier alpha value is -2.56. The van der Waals surface area contributed by atoms with Crippen LogP contribution in [0.1, 0.15) is 25.0 Å². The van der Waals surface area contributed by atoms with E-state index in [2.05, 4.69) is 4.90 Å². The third kappa shape index (κ3) is 5.96. The Kier molecular flexibility index (Phi) is 7.28. The standard InChI is InChI=1S/C16H23N3O3.C2HF3O2/c1-17(2)16(21)11-19-14-7-8-18(10-12-4-3-9-22-12)13(14)5-6-15(19)20;3-2(4,5)1(6)7/h3-4,9,13-14H,5-8,10-11H2,1-2H3;(H,6,7)/t13-,14-;/m1./s1. The summed E-state index contributed by atoms with van der Waals surface area (Å²) in [6.07, 6.45) is -1.07. The number of furan rings is 1. The number of carboxylic acids is 1. The van der Waals surface area contributed by atoms with Crippen molar-refractivity contribution < 1.29 is 37.1 Å². The maximum Gasteiger partial charge on any atom is 0.490 e. The first-order valence-corrected chi connectivity index (χ1v) is 9.07. The average molecular weight is 419 g/mol. The van der Waals surface area contributed by atoms with Gasteiger partial charge in [-0.25, -0.2) is 4.79 Å². The van der Waals surface area contributed by atoms with Gasteiger partial charge in [-0.3, -0.25) is 14.5 Å². The van der Waals surface area contributed by atoms with Crippen molar-refractivity contribution in [3.05, 3.63) is 24.2 Å². The van der Waals surface area contributed by atoms with Gasteiger partial charge in [0.25, 0.3) is 0 Å². The van der Waals surface area contributed by atoms with Crippen LogP contribution in [0.5, 0.6) is 0 Å². The van der Waals surface area contributed by atoms with Gasteiger partial charge in [0, 0.05) is 39.1 Å². The summed E-state index contributed by atoms with van der Waals surface area (Å²) >= 11 is 0. The van der Waals surface area contributed by atoms with Crippen LogP contribution < -0.4 is 0 Å². The van der Waals surface area contributed by atoms with E-state index >= 15 is 0 Å². The monoisotopic (exact) mass is 419 g/mol. The number of carbonyl (C=O) groups is 3. The predicted molar refractivity (Wildman–Crippen MR) is 94.6 cm³/mol. The smallest absolute Gasteiger partial charge is 0.475 e. The molecule has 0 saturated carbocycles. The highest BCUT2D eigenvalue weighted by Crippen LogP contribution is 2.32. The Morgan fingerprint density at radius 2 is 1.93 bits per heavy atom. The molecule has 0 radical (unpaired) electrons. The fourth-order valence-corrected chi connectivity index (χ4v) is 3.53. The molecule has 2 amide bonds. The molecule has 1 aromatic rings. The summed E-state index contributed by atoms with van der Waals surface area (Å²) < 4.78 is 37.2. The minimum absolute atomic E-state index is 0.0153. The molecular weight excluding hydrogens is 395 g/mol. The second-order valence-electron chi connectivity index (χ2n) is 7.12. The molecule has 2 fully saturated rings. The minimum atomic E-state index is -5.08. The quantitative estimate of drug-likeness (QED) is 0.796. The van der Waals surface area contributed by atoms with E-state index in [1.807, 2.05) is 12.1 Å². The lowest BCUT2D eigenvalue weighted by Crippen LogP contribution is -2.54. The summed E-state index contributed by atoms with van der Waals surface area (Å²) in [5.41, 5.74) is 0. The molecule has 0 aromatic carbocycles. The van der Waals surface area contributed by atoms with Crippen molar-refractivity contribution in [2.24, 2.45) is 0 Å². The highest BCUT2D eigenvalue weighted by molar-refractivity contribution is 5.85. The number of rotatable bonds is 4. The van der Waals surface area contributed by atoms with Gasteiger partial charge in [-0.2, -0.15) is 13.2 Å². The minimum Gasteiger partial charge on any atom is -0.475 e. The summed E-state index contributed by atoms with van der Waals surface area (Å²) in [6.45, 7) is 1.91. The van der Waals surface area contributed by atoms with E-state index in [0.717, 1.165) is 31.7 Å². The predicted octanol–water partition coefficient (Wildman–Crippen LogP) is 1.57. The lowest BCUT2D eigenvalue weighted by Gasteiger charge is -2.39. The number of carbonyl (C=O) groups excluding carboxylic acids is 2. The van der Waals surface area contributed by atoms with Gasteiger partial charge in [0.2, 0.25) is 11.8 Å². The Balaban J connectivity index is 0.000000370. The number of piperidine rings is 1. The number of halogens is 3. The van der Waals surface area contributed by atoms with E-state index in [-0.39, 0.29) is 24.4 Å². The number of aliphatic carboxylic acids is 1. The van der Waals surface area contributed by atoms with Crippen molar-refractivity contribution in [1.82, 2.24) is 14.7 Å². The number of nitrogens with zero attached hydrogens (tertiary/aromatic N) is 3. The first-order valence-electron chi connectivity index (χ1n) is 9.07. The molecule has 29 heavy (non-hydrogen) atoms. The van der Waals surface area contributed by atoms with E-state index in [0.29, 0.717) is 12.5 Å². The number of amides is 2. The van der Waals surface area contributed by atoms with Crippen molar-refractivity contribution in [3.63, 3.8) is 0 Å². The zero-order valence-electron chi connectivity index (χ0n) is 16.2. The van der Waals surface area contributed by atoms with E-state index in [1.54, 1.807) is 30.2 Å². The molecule has 1 N–H and O–H groups in total. The van der Waals surface area contributed by atoms with Gasteiger partial charge in [-0.05, 0) is 25.0 Å². The van der Waals surface area contributed by atoms with E-state index in [1.165, 1.54) is 0 Å². The molecule has 2 aliphatic heterocycles. The zero-order chi connectivity index (χ0) is 21.8. The summed E-state index contributed by atoms with van der Waals surface area (Å²) in [6, 6.07) is 4.36. The molecule has 0 unspecified atom stereocenters. The fraction of sp³-hybridized carbons (Fsp3) is 0.611. The lowest BCUT2D eigenvalue weighted by atomic mass is 9.96. The number of hydrogen-bond donors (Lipinski definition) is 1. The van der Waals surface area contributed by atoms with Crippen LogP contribution in [0.15, 0.2) is 22.8 Å². The highest BCUT2D eigenvalue weighted by Gasteiger charge is 2.43. The molecule has 162 valence electrons. The SMILES string of the molecule is CN(C)C(=O)CN1C(=O)CC[C@@H]2[C@H]1CCN2Cc1ccco1.O=C(O)C(F)(F)F. The van der Waals surface area contributed by atoms with Gasteiger partial charge >= 0.3 is 12.1 Å². The molecule has 8 nitrogen and oxygen atoms in total. The second-order valence-corrected chi connectivity index (χ2v) is 7.12. The highest BCUT2D eigenvalue weighted by atomic mass is 19.4. The molecular formula is C18H24F3N3O5. The largest absolute Gasteiger partial charge is 0.490 e. The molecule has 0 bridgehead atoms. The summed E-state index contributed by atoms with van der Waals surface area (Å²) in [5, 5.41) is 7.12. The topological polar surface area (TPSA) is 94.3 Å². The molecule has 2 atom stereocenters. The van der Waals surface area contributed by atoms with Crippen molar-refractivity contribution in [2.75, 3.05) is 27.2 Å². The number of fused-ring (bicyclic) bond motifs is 1. The van der Waals surface area contributed by atoms with Gasteiger partial charge in [-0.15, -0.1) is 0 Å². The Labute approximate surface area is 165 Å². The number of alkyl halides is 3. The Morgan fingerprint density at radius 1 is 1.28 bits per heavy atom. The van der Waals surface area contributed by atoms with Gasteiger partial charge in [0.05, 0.1) is 12.8 Å². The van der Waals surface area contributed by atoms with Crippen LogP contribution in [0.4, 0.5) is 13.2 Å². The molecule has 2 aliphatic rings. The van der Waals surface area contributed by atoms with Gasteiger partial charge in [-0.1, -0.05) is 0 Å². The number of likely N-dealkylation sites (N-methyl/N-ethyl adjacent to an activating group) is 1. The molecule has 0 spiro atoms. The molecule has 1 aromatic heterocycles. The van der Waals surface area contributed by atoms with Crippen LogP contribution in [0.2, 0.25) is 0 Å². The van der Waals surface area contributed by atoms with Crippen LogP contribution >= 0.6 is 0 Å². The summed E-state index contributed by atoms with van der Waals surface area (Å²) in [4.78, 5) is 38.8. The lowest BCUT2D eigenvalue weighted by molar-refractivity contribution is -0.192. The van der Waals surface area contributed by atoms with Crippen molar-refractivity contribution >= 4 is 17.8 Å². The first kappa shape index (κ1) is 22.7. The number of hydrogen-bond acceptors (Lipinski definition) is 5. The van der Waals surface area contributed by atoms with Crippen LogP contribution in [0.3, 0.4) is 0 Å². The summed E-state index contributed by atoms with van der Waals surface area (Å²) in [5.74, 6) is -1.71.